The van der Waals surface area contributed by atoms with Crippen molar-refractivity contribution in [2.24, 2.45) is 5.92 Å². The van der Waals surface area contributed by atoms with Crippen LogP contribution in [0.1, 0.15) is 49.0 Å². The largest absolute Gasteiger partial charge is 0.326 e. The number of rotatable bonds is 5. The van der Waals surface area contributed by atoms with E-state index in [2.05, 4.69) is 10.3 Å². The van der Waals surface area contributed by atoms with Crippen LogP contribution in [0, 0.1) is 5.92 Å². The van der Waals surface area contributed by atoms with Gasteiger partial charge in [0.1, 0.15) is 0 Å². The molecule has 5 nitrogen and oxygen atoms in total. The van der Waals surface area contributed by atoms with Crippen molar-refractivity contribution in [3.05, 3.63) is 53.9 Å². The van der Waals surface area contributed by atoms with Crippen LogP contribution in [-0.2, 0) is 11.2 Å². The van der Waals surface area contributed by atoms with E-state index in [1.165, 1.54) is 0 Å². The number of pyridine rings is 1. The maximum atomic E-state index is 12.8. The van der Waals surface area contributed by atoms with E-state index in [1.807, 2.05) is 36.9 Å². The summed E-state index contributed by atoms with van der Waals surface area (Å²) in [5, 5.41) is 3.02. The second kappa shape index (κ2) is 8.13. The maximum absolute atomic E-state index is 12.8. The molecule has 136 valence electrons. The quantitative estimate of drug-likeness (QED) is 0.884. The number of carbonyl (C=O) groups is 2. The average Bonchev–Trinajstić information content (AvgIpc) is 2.68. The molecular weight excluding hydrogens is 326 g/mol. The average molecular weight is 351 g/mol. The predicted molar refractivity (Wildman–Crippen MR) is 103 cm³/mol. The van der Waals surface area contributed by atoms with Gasteiger partial charge in [-0.2, -0.15) is 0 Å². The summed E-state index contributed by atoms with van der Waals surface area (Å²) < 4.78 is 0. The number of hydrogen-bond acceptors (Lipinski definition) is 3. The molecular formula is C21H25N3O2. The van der Waals surface area contributed by atoms with Crippen LogP contribution in [0.15, 0.2) is 42.7 Å². The molecule has 1 aromatic heterocycles. The van der Waals surface area contributed by atoms with E-state index < -0.39 is 0 Å². The monoisotopic (exact) mass is 351 g/mol. The Morgan fingerprint density at radius 3 is 2.73 bits per heavy atom. The van der Waals surface area contributed by atoms with E-state index in [0.717, 1.165) is 42.6 Å². The first kappa shape index (κ1) is 18.1. The minimum atomic E-state index is -0.0344. The Hall–Kier alpha value is -2.69. The van der Waals surface area contributed by atoms with Gasteiger partial charge in [-0.3, -0.25) is 14.6 Å². The van der Waals surface area contributed by atoms with Crippen molar-refractivity contribution in [3.8, 4) is 0 Å². The number of fused-ring (bicyclic) bond motifs is 1. The van der Waals surface area contributed by atoms with Gasteiger partial charge in [0.05, 0.1) is 5.56 Å². The molecule has 0 fully saturated rings. The van der Waals surface area contributed by atoms with Crippen LogP contribution < -0.4 is 10.2 Å². The van der Waals surface area contributed by atoms with Crippen molar-refractivity contribution in [3.63, 3.8) is 0 Å². The van der Waals surface area contributed by atoms with Gasteiger partial charge in [-0.1, -0.05) is 13.8 Å². The lowest BCUT2D eigenvalue weighted by Crippen LogP contribution is -2.35. The Morgan fingerprint density at radius 1 is 1.23 bits per heavy atom. The highest BCUT2D eigenvalue weighted by Crippen LogP contribution is 2.31. The van der Waals surface area contributed by atoms with Gasteiger partial charge in [0.2, 0.25) is 5.91 Å². The van der Waals surface area contributed by atoms with Gasteiger partial charge in [-0.05, 0) is 61.6 Å². The Bertz CT molecular complexity index is 785. The highest BCUT2D eigenvalue weighted by atomic mass is 16.2. The van der Waals surface area contributed by atoms with Crippen LogP contribution in [0.25, 0.3) is 0 Å². The second-order valence-electron chi connectivity index (χ2n) is 6.65. The van der Waals surface area contributed by atoms with Gasteiger partial charge >= 0.3 is 0 Å². The van der Waals surface area contributed by atoms with E-state index >= 15 is 0 Å². The highest BCUT2D eigenvalue weighted by molar-refractivity contribution is 6.06. The zero-order valence-electron chi connectivity index (χ0n) is 15.4. The molecule has 0 aliphatic carbocycles. The number of benzene rings is 1. The Labute approximate surface area is 154 Å². The van der Waals surface area contributed by atoms with Crippen LogP contribution in [-0.4, -0.2) is 23.3 Å². The summed E-state index contributed by atoms with van der Waals surface area (Å²) in [5.41, 5.74) is 3.41. The number of nitrogens with zero attached hydrogens (tertiary/aromatic N) is 2. The fourth-order valence-corrected chi connectivity index (χ4v) is 3.43. The summed E-state index contributed by atoms with van der Waals surface area (Å²) in [5.74, 6) is 0.0663. The molecule has 3 rings (SSSR count). The number of aryl methyl sites for hydroxylation is 1. The van der Waals surface area contributed by atoms with Gasteiger partial charge in [-0.25, -0.2) is 0 Å². The lowest BCUT2D eigenvalue weighted by molar-refractivity contribution is -0.120. The lowest BCUT2D eigenvalue weighted by atomic mass is 9.99. The third-order valence-corrected chi connectivity index (χ3v) is 4.98. The smallest absolute Gasteiger partial charge is 0.259 e. The zero-order chi connectivity index (χ0) is 18.5. The Kier molecular flexibility index (Phi) is 5.66. The molecule has 1 aromatic carbocycles. The van der Waals surface area contributed by atoms with Crippen LogP contribution in [0.2, 0.25) is 0 Å². The van der Waals surface area contributed by atoms with E-state index in [-0.39, 0.29) is 17.7 Å². The summed E-state index contributed by atoms with van der Waals surface area (Å²) in [6.45, 7) is 4.76. The topological polar surface area (TPSA) is 62.3 Å². The summed E-state index contributed by atoms with van der Waals surface area (Å²) >= 11 is 0. The number of hydrogen-bond donors (Lipinski definition) is 1. The molecule has 26 heavy (non-hydrogen) atoms. The van der Waals surface area contributed by atoms with Crippen molar-refractivity contribution in [2.45, 2.75) is 39.5 Å². The predicted octanol–water partition coefficient (Wildman–Crippen LogP) is 4.05. The van der Waals surface area contributed by atoms with E-state index in [4.69, 9.17) is 0 Å². The molecule has 1 N–H and O–H groups in total. The van der Waals surface area contributed by atoms with Crippen molar-refractivity contribution < 1.29 is 9.59 Å². The molecule has 2 amide bonds. The molecule has 0 saturated carbocycles. The minimum Gasteiger partial charge on any atom is -0.326 e. The molecule has 0 atom stereocenters. The van der Waals surface area contributed by atoms with Crippen molar-refractivity contribution in [2.75, 3.05) is 16.8 Å². The van der Waals surface area contributed by atoms with E-state index in [9.17, 15) is 9.59 Å². The number of amides is 2. The van der Waals surface area contributed by atoms with E-state index in [0.29, 0.717) is 12.1 Å². The molecule has 5 heteroatoms. The number of aromatic nitrogens is 1. The van der Waals surface area contributed by atoms with Crippen LogP contribution >= 0.6 is 0 Å². The molecule has 0 radical (unpaired) electrons. The third kappa shape index (κ3) is 3.77. The molecule has 1 aliphatic heterocycles. The molecule has 1 aliphatic rings. The van der Waals surface area contributed by atoms with Gasteiger partial charge in [0, 0.05) is 36.2 Å². The summed E-state index contributed by atoms with van der Waals surface area (Å²) in [6.07, 6.45) is 6.74. The second-order valence-corrected chi connectivity index (χ2v) is 6.65. The van der Waals surface area contributed by atoms with Crippen molar-refractivity contribution >= 4 is 23.2 Å². The fraction of sp³-hybridized carbons (Fsp3) is 0.381. The zero-order valence-corrected chi connectivity index (χ0v) is 15.4. The molecule has 2 aromatic rings. The van der Waals surface area contributed by atoms with Gasteiger partial charge in [0.15, 0.2) is 0 Å². The molecule has 0 bridgehead atoms. The van der Waals surface area contributed by atoms with Gasteiger partial charge in [0.25, 0.3) is 5.91 Å². The van der Waals surface area contributed by atoms with E-state index in [1.54, 1.807) is 24.5 Å². The lowest BCUT2D eigenvalue weighted by Gasteiger charge is -2.30. The first-order valence-electron chi connectivity index (χ1n) is 9.29. The SMILES string of the molecule is CCC(CC)C(=O)Nc1ccc2c(c1)CCCN2C(=O)c1cccnc1. The standard InChI is InChI=1S/C21H25N3O2/c1-3-15(4-2)20(25)23-18-9-10-19-16(13-18)8-6-12-24(19)21(26)17-7-5-11-22-14-17/h5,7,9-11,13-15H,3-4,6,8,12H2,1-2H3,(H,23,25). The molecule has 0 saturated heterocycles. The fourth-order valence-electron chi connectivity index (χ4n) is 3.43. The maximum Gasteiger partial charge on any atom is 0.259 e. The molecule has 0 unspecified atom stereocenters. The van der Waals surface area contributed by atoms with Crippen molar-refractivity contribution in [1.82, 2.24) is 4.98 Å². The Balaban J connectivity index is 1.81. The van der Waals surface area contributed by atoms with Crippen LogP contribution in [0.4, 0.5) is 11.4 Å². The molecule has 2 heterocycles. The minimum absolute atomic E-state index is 0.0344. The first-order chi connectivity index (χ1) is 12.6. The van der Waals surface area contributed by atoms with Crippen LogP contribution in [0.5, 0.6) is 0 Å². The first-order valence-corrected chi connectivity index (χ1v) is 9.29. The molecule has 0 spiro atoms. The summed E-state index contributed by atoms with van der Waals surface area (Å²) in [4.78, 5) is 31.0. The van der Waals surface area contributed by atoms with Gasteiger partial charge in [-0.15, -0.1) is 0 Å². The number of anilines is 2. The van der Waals surface area contributed by atoms with Gasteiger partial charge < -0.3 is 10.2 Å². The van der Waals surface area contributed by atoms with Crippen LogP contribution in [0.3, 0.4) is 0 Å². The third-order valence-electron chi connectivity index (χ3n) is 4.98. The summed E-state index contributed by atoms with van der Waals surface area (Å²) in [6, 6.07) is 9.37. The number of nitrogens with one attached hydrogen (secondary N) is 1. The number of carbonyl (C=O) groups excluding carboxylic acids is 2. The Morgan fingerprint density at radius 2 is 2.04 bits per heavy atom. The normalized spacial score (nSPS) is 13.4. The van der Waals surface area contributed by atoms with Crippen molar-refractivity contribution in [1.29, 1.82) is 0 Å². The highest BCUT2D eigenvalue weighted by Gasteiger charge is 2.24. The summed E-state index contributed by atoms with van der Waals surface area (Å²) in [7, 11) is 0.